The number of carbonyl (C=O) groups excluding carboxylic acids is 1. The van der Waals surface area contributed by atoms with Crippen LogP contribution in [0.25, 0.3) is 16.7 Å². The van der Waals surface area contributed by atoms with E-state index in [2.05, 4.69) is 10.1 Å². The molecule has 0 unspecified atom stereocenters. The maximum absolute atomic E-state index is 12.8. The third kappa shape index (κ3) is 3.32. The molecule has 0 spiro atoms. The highest BCUT2D eigenvalue weighted by Gasteiger charge is 2.16. The van der Waals surface area contributed by atoms with Crippen LogP contribution in [0.1, 0.15) is 11.5 Å². The molecule has 0 saturated heterocycles. The van der Waals surface area contributed by atoms with Gasteiger partial charge < -0.3 is 9.32 Å². The van der Waals surface area contributed by atoms with Gasteiger partial charge in [-0.1, -0.05) is 18.2 Å². The number of benzene rings is 1. The lowest BCUT2D eigenvalue weighted by Crippen LogP contribution is -2.33. The summed E-state index contributed by atoms with van der Waals surface area (Å²) in [5, 5.41) is 4.64. The van der Waals surface area contributed by atoms with Crippen molar-refractivity contribution in [3.8, 4) is 5.69 Å². The van der Waals surface area contributed by atoms with Crippen molar-refractivity contribution in [2.24, 2.45) is 0 Å². The summed E-state index contributed by atoms with van der Waals surface area (Å²) < 4.78 is 8.40. The molecular formula is C20H19N5O3. The molecule has 4 aromatic rings. The first kappa shape index (κ1) is 17.7. The Balaban J connectivity index is 1.57. The van der Waals surface area contributed by atoms with Gasteiger partial charge in [-0.25, -0.2) is 9.67 Å². The van der Waals surface area contributed by atoms with Crippen LogP contribution < -0.4 is 5.56 Å². The summed E-state index contributed by atoms with van der Waals surface area (Å²) in [6.45, 7) is 2.08. The third-order valence-electron chi connectivity index (χ3n) is 4.48. The van der Waals surface area contributed by atoms with Crippen LogP contribution in [0.2, 0.25) is 0 Å². The molecule has 3 heterocycles. The molecular weight excluding hydrogens is 358 g/mol. The average molecular weight is 377 g/mol. The lowest BCUT2D eigenvalue weighted by atomic mass is 10.3. The van der Waals surface area contributed by atoms with Gasteiger partial charge >= 0.3 is 0 Å². The minimum Gasteiger partial charge on any atom is -0.464 e. The van der Waals surface area contributed by atoms with Gasteiger partial charge in [0.2, 0.25) is 5.91 Å². The number of aromatic nitrogens is 4. The average Bonchev–Trinajstić information content (AvgIpc) is 3.31. The molecule has 4 rings (SSSR count). The van der Waals surface area contributed by atoms with Crippen molar-refractivity contribution < 1.29 is 9.21 Å². The Labute approximate surface area is 160 Å². The van der Waals surface area contributed by atoms with E-state index in [-0.39, 0.29) is 18.0 Å². The van der Waals surface area contributed by atoms with E-state index in [1.54, 1.807) is 11.7 Å². The topological polar surface area (TPSA) is 86.2 Å². The summed E-state index contributed by atoms with van der Waals surface area (Å²) >= 11 is 0. The number of furan rings is 1. The minimum absolute atomic E-state index is 0.103. The van der Waals surface area contributed by atoms with Gasteiger partial charge in [-0.15, -0.1) is 0 Å². The van der Waals surface area contributed by atoms with Gasteiger partial charge in [-0.3, -0.25) is 14.2 Å². The predicted octanol–water partition coefficient (Wildman–Crippen LogP) is 2.14. The molecule has 0 radical (unpaired) electrons. The first-order chi connectivity index (χ1) is 13.5. The smallest absolute Gasteiger partial charge is 0.264 e. The molecule has 28 heavy (non-hydrogen) atoms. The van der Waals surface area contributed by atoms with Crippen LogP contribution in [-0.4, -0.2) is 37.2 Å². The Hall–Kier alpha value is -3.68. The van der Waals surface area contributed by atoms with Gasteiger partial charge in [0.25, 0.3) is 5.56 Å². The van der Waals surface area contributed by atoms with Gasteiger partial charge in [0.15, 0.2) is 5.65 Å². The quantitative estimate of drug-likeness (QED) is 0.532. The second-order valence-corrected chi connectivity index (χ2v) is 6.57. The fraction of sp³-hybridized carbons (Fsp3) is 0.200. The molecule has 8 nitrogen and oxygen atoms in total. The molecule has 1 amide bonds. The summed E-state index contributed by atoms with van der Waals surface area (Å²) in [7, 11) is 1.67. The van der Waals surface area contributed by atoms with Gasteiger partial charge in [-0.2, -0.15) is 5.10 Å². The Morgan fingerprint density at radius 1 is 1.18 bits per heavy atom. The Morgan fingerprint density at radius 2 is 1.96 bits per heavy atom. The lowest BCUT2D eigenvalue weighted by Gasteiger charge is -2.16. The van der Waals surface area contributed by atoms with Gasteiger partial charge in [-0.05, 0) is 31.2 Å². The number of fused-ring (bicyclic) bond motifs is 1. The number of nitrogens with zero attached hydrogens (tertiary/aromatic N) is 5. The van der Waals surface area contributed by atoms with Crippen LogP contribution in [0.4, 0.5) is 0 Å². The summed E-state index contributed by atoms with van der Waals surface area (Å²) in [5.41, 5.74) is 0.966. The van der Waals surface area contributed by atoms with Gasteiger partial charge in [0.05, 0.1) is 18.4 Å². The second kappa shape index (κ2) is 7.15. The van der Waals surface area contributed by atoms with E-state index < -0.39 is 0 Å². The monoisotopic (exact) mass is 377 g/mol. The summed E-state index contributed by atoms with van der Waals surface area (Å²) in [5.74, 6) is 1.27. The van der Waals surface area contributed by atoms with E-state index in [0.29, 0.717) is 23.3 Å². The van der Waals surface area contributed by atoms with Crippen molar-refractivity contribution in [3.05, 3.63) is 76.9 Å². The first-order valence-electron chi connectivity index (χ1n) is 8.81. The Morgan fingerprint density at radius 3 is 2.68 bits per heavy atom. The summed E-state index contributed by atoms with van der Waals surface area (Å²) in [6.07, 6.45) is 2.86. The van der Waals surface area contributed by atoms with Crippen LogP contribution in [0.5, 0.6) is 0 Å². The van der Waals surface area contributed by atoms with Gasteiger partial charge in [0.1, 0.15) is 29.8 Å². The van der Waals surface area contributed by atoms with Crippen LogP contribution in [0, 0.1) is 6.92 Å². The number of likely N-dealkylation sites (N-methyl/N-ethyl adjacent to an activating group) is 1. The number of aryl methyl sites for hydroxylation is 1. The van der Waals surface area contributed by atoms with E-state index in [0.717, 1.165) is 11.4 Å². The molecule has 3 aromatic heterocycles. The Kier molecular flexibility index (Phi) is 4.52. The summed E-state index contributed by atoms with van der Waals surface area (Å²) in [4.78, 5) is 31.2. The molecule has 142 valence electrons. The summed E-state index contributed by atoms with van der Waals surface area (Å²) in [6, 6.07) is 13.1. The van der Waals surface area contributed by atoms with E-state index in [4.69, 9.17) is 4.42 Å². The highest BCUT2D eigenvalue weighted by atomic mass is 16.3. The molecule has 8 heteroatoms. The zero-order chi connectivity index (χ0) is 19.7. The van der Waals surface area contributed by atoms with Crippen molar-refractivity contribution >= 4 is 16.9 Å². The number of carbonyl (C=O) groups is 1. The molecule has 0 N–H and O–H groups in total. The zero-order valence-corrected chi connectivity index (χ0v) is 15.6. The SMILES string of the molecule is Cc1ccc(CN(C)C(=O)Cn2cnc3c(cnn3-c3ccccc3)c2=O)o1. The fourth-order valence-electron chi connectivity index (χ4n) is 2.98. The molecule has 0 bridgehead atoms. The van der Waals surface area contributed by atoms with Crippen molar-refractivity contribution in [1.82, 2.24) is 24.2 Å². The highest BCUT2D eigenvalue weighted by Crippen LogP contribution is 2.13. The van der Waals surface area contributed by atoms with Crippen LogP contribution in [-0.2, 0) is 17.9 Å². The fourth-order valence-corrected chi connectivity index (χ4v) is 2.98. The van der Waals surface area contributed by atoms with Crippen molar-refractivity contribution in [2.75, 3.05) is 7.05 Å². The zero-order valence-electron chi connectivity index (χ0n) is 15.6. The van der Waals surface area contributed by atoms with Crippen LogP contribution in [0.3, 0.4) is 0 Å². The third-order valence-corrected chi connectivity index (χ3v) is 4.48. The van der Waals surface area contributed by atoms with Crippen molar-refractivity contribution in [2.45, 2.75) is 20.0 Å². The minimum atomic E-state index is -0.303. The Bertz CT molecular complexity index is 1190. The molecule has 0 aliphatic carbocycles. The standard InChI is InChI=1S/C20H19N5O3/c1-14-8-9-16(28-14)11-23(2)18(26)12-24-13-21-19-17(20(24)27)10-22-25(19)15-6-4-3-5-7-15/h3-10,13H,11-12H2,1-2H3. The number of para-hydroxylation sites is 1. The molecule has 1 aromatic carbocycles. The number of hydrogen-bond donors (Lipinski definition) is 0. The predicted molar refractivity (Wildman–Crippen MR) is 103 cm³/mol. The normalized spacial score (nSPS) is 11.1. The van der Waals surface area contributed by atoms with E-state index in [1.165, 1.54) is 22.0 Å². The maximum atomic E-state index is 12.8. The maximum Gasteiger partial charge on any atom is 0.264 e. The number of amides is 1. The second-order valence-electron chi connectivity index (χ2n) is 6.57. The number of hydrogen-bond acceptors (Lipinski definition) is 5. The highest BCUT2D eigenvalue weighted by molar-refractivity contribution is 5.77. The number of rotatable bonds is 5. The van der Waals surface area contributed by atoms with E-state index in [1.807, 2.05) is 49.4 Å². The molecule has 0 fully saturated rings. The molecule has 0 atom stereocenters. The first-order valence-corrected chi connectivity index (χ1v) is 8.81. The lowest BCUT2D eigenvalue weighted by molar-refractivity contribution is -0.131. The van der Waals surface area contributed by atoms with E-state index in [9.17, 15) is 9.59 Å². The molecule has 0 aliphatic rings. The molecule has 0 saturated carbocycles. The van der Waals surface area contributed by atoms with Crippen LogP contribution in [0.15, 0.2) is 64.2 Å². The van der Waals surface area contributed by atoms with Crippen molar-refractivity contribution in [3.63, 3.8) is 0 Å². The molecule has 0 aliphatic heterocycles. The van der Waals surface area contributed by atoms with Crippen LogP contribution >= 0.6 is 0 Å². The van der Waals surface area contributed by atoms with Gasteiger partial charge in [0, 0.05) is 7.05 Å². The van der Waals surface area contributed by atoms with Crippen molar-refractivity contribution in [1.29, 1.82) is 0 Å². The van der Waals surface area contributed by atoms with E-state index >= 15 is 0 Å². The largest absolute Gasteiger partial charge is 0.464 e.